The highest BCUT2D eigenvalue weighted by molar-refractivity contribution is 7.98. The molecule has 3 rings (SSSR count). The predicted molar refractivity (Wildman–Crippen MR) is 110 cm³/mol. The Bertz CT molecular complexity index is 743. The normalized spacial score (nSPS) is 14.7. The second kappa shape index (κ2) is 10.5. The molecule has 0 radical (unpaired) electrons. The third kappa shape index (κ3) is 6.07. The molecule has 1 aliphatic rings. The molecule has 5 nitrogen and oxygen atoms in total. The maximum Gasteiger partial charge on any atom is 0.252 e. The van der Waals surface area contributed by atoms with Gasteiger partial charge in [-0.1, -0.05) is 31.4 Å². The summed E-state index contributed by atoms with van der Waals surface area (Å²) in [6.45, 7) is 0.900. The van der Waals surface area contributed by atoms with Crippen molar-refractivity contribution < 1.29 is 9.59 Å². The Morgan fingerprint density at radius 1 is 1.11 bits per heavy atom. The molecule has 2 amide bonds. The second-order valence-corrected chi connectivity index (χ2v) is 8.38. The van der Waals surface area contributed by atoms with Crippen LogP contribution in [0.15, 0.2) is 40.1 Å². The monoisotopic (exact) mass is 403 g/mol. The van der Waals surface area contributed by atoms with Crippen LogP contribution in [0.2, 0.25) is 0 Å². The minimum atomic E-state index is -0.108. The maximum atomic E-state index is 12.5. The summed E-state index contributed by atoms with van der Waals surface area (Å²) in [6, 6.07) is 7.59. The molecule has 2 N–H and O–H groups in total. The van der Waals surface area contributed by atoms with Gasteiger partial charge in [0.1, 0.15) is 0 Å². The summed E-state index contributed by atoms with van der Waals surface area (Å²) in [7, 11) is 0. The number of carbonyl (C=O) groups is 2. The SMILES string of the molecule is O=C(NCCNC(=O)C1CCCCC1)c1ccccc1SCc1cscn1. The Morgan fingerprint density at radius 3 is 2.67 bits per heavy atom. The lowest BCUT2D eigenvalue weighted by Crippen LogP contribution is -2.38. The molecule has 1 fully saturated rings. The standard InChI is InChI=1S/C20H25N3O2S2/c24-19(15-6-2-1-3-7-15)21-10-11-22-20(25)17-8-4-5-9-18(17)27-13-16-12-26-14-23-16/h4-5,8-9,12,14-15H,1-3,6-7,10-11,13H2,(H,21,24)(H,22,25). The van der Waals surface area contributed by atoms with Crippen LogP contribution in [0, 0.1) is 5.92 Å². The molecule has 0 bridgehead atoms. The molecule has 7 heteroatoms. The van der Waals surface area contributed by atoms with E-state index in [1.807, 2.05) is 35.2 Å². The van der Waals surface area contributed by atoms with E-state index in [9.17, 15) is 9.59 Å². The Kier molecular flexibility index (Phi) is 7.71. The predicted octanol–water partition coefficient (Wildman–Crippen LogP) is 3.86. The van der Waals surface area contributed by atoms with Gasteiger partial charge in [-0.05, 0) is 25.0 Å². The lowest BCUT2D eigenvalue weighted by atomic mass is 9.89. The number of thioether (sulfide) groups is 1. The third-order valence-corrected chi connectivity index (χ3v) is 6.42. The van der Waals surface area contributed by atoms with Crippen LogP contribution in [0.1, 0.15) is 48.2 Å². The molecule has 0 saturated heterocycles. The Hall–Kier alpha value is -1.86. The zero-order chi connectivity index (χ0) is 18.9. The van der Waals surface area contributed by atoms with Crippen LogP contribution in [-0.4, -0.2) is 29.9 Å². The molecule has 1 heterocycles. The van der Waals surface area contributed by atoms with Gasteiger partial charge in [0.25, 0.3) is 5.91 Å². The molecule has 0 atom stereocenters. The highest BCUT2D eigenvalue weighted by atomic mass is 32.2. The maximum absolute atomic E-state index is 12.5. The number of nitrogens with one attached hydrogen (secondary N) is 2. The van der Waals surface area contributed by atoms with Gasteiger partial charge in [-0.3, -0.25) is 9.59 Å². The molecule has 1 aromatic carbocycles. The van der Waals surface area contributed by atoms with Crippen LogP contribution in [0.25, 0.3) is 0 Å². The zero-order valence-corrected chi connectivity index (χ0v) is 16.9. The van der Waals surface area contributed by atoms with Gasteiger partial charge < -0.3 is 10.6 Å². The van der Waals surface area contributed by atoms with E-state index in [2.05, 4.69) is 15.6 Å². The molecule has 1 saturated carbocycles. The molecule has 0 spiro atoms. The first-order valence-electron chi connectivity index (χ1n) is 9.39. The largest absolute Gasteiger partial charge is 0.354 e. The minimum Gasteiger partial charge on any atom is -0.354 e. The number of nitrogens with zero attached hydrogens (tertiary/aromatic N) is 1. The van der Waals surface area contributed by atoms with Crippen LogP contribution in [-0.2, 0) is 10.5 Å². The van der Waals surface area contributed by atoms with Gasteiger partial charge in [0.05, 0.1) is 16.8 Å². The minimum absolute atomic E-state index is 0.108. The summed E-state index contributed by atoms with van der Waals surface area (Å²) in [6.07, 6.45) is 5.50. The third-order valence-electron chi connectivity index (χ3n) is 4.68. The average molecular weight is 404 g/mol. The molecule has 1 aliphatic carbocycles. The van der Waals surface area contributed by atoms with Crippen LogP contribution in [0.3, 0.4) is 0 Å². The highest BCUT2D eigenvalue weighted by Crippen LogP contribution is 2.26. The Labute approximate surface area is 168 Å². The smallest absolute Gasteiger partial charge is 0.252 e. The number of aromatic nitrogens is 1. The first-order chi connectivity index (χ1) is 13.2. The molecule has 0 aliphatic heterocycles. The van der Waals surface area contributed by atoms with E-state index in [4.69, 9.17) is 0 Å². The molecular weight excluding hydrogens is 378 g/mol. The van der Waals surface area contributed by atoms with Crippen molar-refractivity contribution in [2.24, 2.45) is 5.92 Å². The summed E-state index contributed by atoms with van der Waals surface area (Å²) in [5.74, 6) is 0.911. The number of thiazole rings is 1. The molecular formula is C20H25N3O2S2. The van der Waals surface area contributed by atoms with Crippen molar-refractivity contribution in [2.45, 2.75) is 42.8 Å². The van der Waals surface area contributed by atoms with Crippen molar-refractivity contribution in [2.75, 3.05) is 13.1 Å². The van der Waals surface area contributed by atoms with E-state index in [0.717, 1.165) is 42.0 Å². The van der Waals surface area contributed by atoms with Crippen LogP contribution in [0.5, 0.6) is 0 Å². The summed E-state index contributed by atoms with van der Waals surface area (Å²) >= 11 is 3.18. The van der Waals surface area contributed by atoms with E-state index < -0.39 is 0 Å². The summed E-state index contributed by atoms with van der Waals surface area (Å²) in [4.78, 5) is 29.9. The van der Waals surface area contributed by atoms with Gasteiger partial charge in [-0.25, -0.2) is 4.98 Å². The van der Waals surface area contributed by atoms with Crippen molar-refractivity contribution in [3.63, 3.8) is 0 Å². The van der Waals surface area contributed by atoms with Gasteiger partial charge in [0.15, 0.2) is 0 Å². The molecule has 0 unspecified atom stereocenters. The average Bonchev–Trinajstić information content (AvgIpc) is 3.24. The van der Waals surface area contributed by atoms with Crippen LogP contribution in [0.4, 0.5) is 0 Å². The molecule has 1 aromatic heterocycles. The fraction of sp³-hybridized carbons (Fsp3) is 0.450. The van der Waals surface area contributed by atoms with E-state index in [0.29, 0.717) is 18.7 Å². The number of hydrogen-bond acceptors (Lipinski definition) is 5. The van der Waals surface area contributed by atoms with Gasteiger partial charge in [-0.2, -0.15) is 0 Å². The first kappa shape index (κ1) is 19.9. The van der Waals surface area contributed by atoms with E-state index in [-0.39, 0.29) is 17.7 Å². The van der Waals surface area contributed by atoms with Crippen molar-refractivity contribution in [3.05, 3.63) is 46.4 Å². The van der Waals surface area contributed by atoms with Gasteiger partial charge >= 0.3 is 0 Å². The fourth-order valence-electron chi connectivity index (χ4n) is 3.21. The zero-order valence-electron chi connectivity index (χ0n) is 15.3. The van der Waals surface area contributed by atoms with Crippen molar-refractivity contribution in [1.29, 1.82) is 0 Å². The van der Waals surface area contributed by atoms with Crippen molar-refractivity contribution >= 4 is 34.9 Å². The number of carbonyl (C=O) groups excluding carboxylic acids is 2. The van der Waals surface area contributed by atoms with Crippen molar-refractivity contribution in [1.82, 2.24) is 15.6 Å². The van der Waals surface area contributed by atoms with Gasteiger partial charge in [0.2, 0.25) is 5.91 Å². The highest BCUT2D eigenvalue weighted by Gasteiger charge is 2.20. The van der Waals surface area contributed by atoms with E-state index in [1.54, 1.807) is 23.1 Å². The molecule has 144 valence electrons. The molecule has 2 aromatic rings. The first-order valence-corrected chi connectivity index (χ1v) is 11.3. The summed E-state index contributed by atoms with van der Waals surface area (Å²) in [5.41, 5.74) is 3.50. The van der Waals surface area contributed by atoms with Gasteiger partial charge in [0, 0.05) is 35.0 Å². The number of rotatable bonds is 8. The summed E-state index contributed by atoms with van der Waals surface area (Å²) < 4.78 is 0. The quantitative estimate of drug-likeness (QED) is 0.519. The Balaban J connectivity index is 1.44. The van der Waals surface area contributed by atoms with Crippen molar-refractivity contribution in [3.8, 4) is 0 Å². The van der Waals surface area contributed by atoms with Crippen LogP contribution < -0.4 is 10.6 Å². The summed E-state index contributed by atoms with van der Waals surface area (Å²) in [5, 5.41) is 7.88. The lowest BCUT2D eigenvalue weighted by molar-refractivity contribution is -0.125. The second-order valence-electron chi connectivity index (χ2n) is 6.65. The topological polar surface area (TPSA) is 71.1 Å². The Morgan fingerprint density at radius 2 is 1.89 bits per heavy atom. The number of amides is 2. The van der Waals surface area contributed by atoms with E-state index >= 15 is 0 Å². The molecule has 27 heavy (non-hydrogen) atoms. The number of hydrogen-bond donors (Lipinski definition) is 2. The number of benzene rings is 1. The van der Waals surface area contributed by atoms with Crippen LogP contribution >= 0.6 is 23.1 Å². The van der Waals surface area contributed by atoms with Gasteiger partial charge in [-0.15, -0.1) is 23.1 Å². The van der Waals surface area contributed by atoms with E-state index in [1.165, 1.54) is 6.42 Å². The lowest BCUT2D eigenvalue weighted by Gasteiger charge is -2.20. The fourth-order valence-corrected chi connectivity index (χ4v) is 4.82.